The second-order valence-electron chi connectivity index (χ2n) is 4.77. The van der Waals surface area contributed by atoms with E-state index in [0.717, 1.165) is 37.4 Å². The average Bonchev–Trinajstić information content (AvgIpc) is 2.89. The van der Waals surface area contributed by atoms with E-state index in [-0.39, 0.29) is 0 Å². The lowest BCUT2D eigenvalue weighted by atomic mass is 10.2. The van der Waals surface area contributed by atoms with Gasteiger partial charge in [0.05, 0.1) is 5.69 Å². The Balaban J connectivity index is 1.90. The molecule has 2 aromatic rings. The number of thiophene rings is 1. The summed E-state index contributed by atoms with van der Waals surface area (Å²) in [5, 5.41) is 7.72. The third kappa shape index (κ3) is 4.65. The molecule has 102 valence electrons. The molecule has 0 atom stereocenters. The van der Waals surface area contributed by atoms with Gasteiger partial charge in [0.15, 0.2) is 0 Å². The Hall–Kier alpha value is -1.39. The van der Waals surface area contributed by atoms with Crippen molar-refractivity contribution in [1.82, 2.24) is 9.88 Å². The van der Waals surface area contributed by atoms with Crippen molar-refractivity contribution in [2.45, 2.75) is 26.4 Å². The number of aromatic nitrogens is 1. The number of rotatable bonds is 7. The summed E-state index contributed by atoms with van der Waals surface area (Å²) < 4.78 is 0. The van der Waals surface area contributed by atoms with Gasteiger partial charge >= 0.3 is 0 Å². The van der Waals surface area contributed by atoms with Gasteiger partial charge in [-0.05, 0) is 48.0 Å². The normalized spacial score (nSPS) is 10.9. The predicted molar refractivity (Wildman–Crippen MR) is 82.5 cm³/mol. The van der Waals surface area contributed by atoms with E-state index in [1.54, 1.807) is 11.3 Å². The summed E-state index contributed by atoms with van der Waals surface area (Å²) in [6.07, 6.45) is 3.02. The molecule has 0 spiro atoms. The quantitative estimate of drug-likeness (QED) is 0.837. The molecule has 0 fully saturated rings. The summed E-state index contributed by atoms with van der Waals surface area (Å²) in [7, 11) is 2.13. The van der Waals surface area contributed by atoms with Crippen molar-refractivity contribution < 1.29 is 0 Å². The van der Waals surface area contributed by atoms with Crippen LogP contribution in [0.3, 0.4) is 0 Å². The highest BCUT2D eigenvalue weighted by molar-refractivity contribution is 7.07. The van der Waals surface area contributed by atoms with Crippen LogP contribution in [0.5, 0.6) is 0 Å². The summed E-state index contributed by atoms with van der Waals surface area (Å²) >= 11 is 1.75. The maximum atomic E-state index is 4.44. The Labute approximate surface area is 119 Å². The molecule has 0 saturated heterocycles. The average molecular weight is 275 g/mol. The minimum absolute atomic E-state index is 0.873. The summed E-state index contributed by atoms with van der Waals surface area (Å²) in [4.78, 5) is 6.72. The third-order valence-electron chi connectivity index (χ3n) is 2.86. The van der Waals surface area contributed by atoms with Gasteiger partial charge in [0, 0.05) is 31.5 Å². The first-order valence-corrected chi connectivity index (χ1v) is 7.60. The Morgan fingerprint density at radius 3 is 2.95 bits per heavy atom. The minimum Gasteiger partial charge on any atom is -0.385 e. The molecule has 0 aliphatic heterocycles. The molecule has 0 bridgehead atoms. The molecule has 0 saturated carbocycles. The van der Waals surface area contributed by atoms with Gasteiger partial charge in [-0.15, -0.1) is 0 Å². The maximum Gasteiger partial charge on any atom is 0.0564 e. The summed E-state index contributed by atoms with van der Waals surface area (Å²) in [6.45, 7) is 5.02. The van der Waals surface area contributed by atoms with Gasteiger partial charge in [0.1, 0.15) is 0 Å². The summed E-state index contributed by atoms with van der Waals surface area (Å²) in [5.74, 6) is 0. The first-order valence-electron chi connectivity index (χ1n) is 6.66. The van der Waals surface area contributed by atoms with Crippen molar-refractivity contribution in [3.63, 3.8) is 0 Å². The van der Waals surface area contributed by atoms with Crippen molar-refractivity contribution in [3.05, 3.63) is 46.4 Å². The molecule has 3 nitrogen and oxygen atoms in total. The van der Waals surface area contributed by atoms with Gasteiger partial charge in [-0.1, -0.05) is 6.92 Å². The van der Waals surface area contributed by atoms with Gasteiger partial charge in [-0.3, -0.25) is 9.88 Å². The lowest BCUT2D eigenvalue weighted by Crippen LogP contribution is -2.17. The van der Waals surface area contributed by atoms with E-state index in [0.29, 0.717) is 0 Å². The lowest BCUT2D eigenvalue weighted by Gasteiger charge is -2.16. The zero-order valence-corrected chi connectivity index (χ0v) is 12.4. The Morgan fingerprint density at radius 1 is 1.32 bits per heavy atom. The Kier molecular flexibility index (Phi) is 5.36. The van der Waals surface area contributed by atoms with E-state index >= 15 is 0 Å². The molecular formula is C15H21N3S. The molecule has 0 aliphatic rings. The second-order valence-corrected chi connectivity index (χ2v) is 5.55. The number of anilines is 1. The second kappa shape index (κ2) is 7.26. The fraction of sp³-hybridized carbons (Fsp3) is 0.400. The van der Waals surface area contributed by atoms with Crippen LogP contribution in [-0.4, -0.2) is 23.5 Å². The van der Waals surface area contributed by atoms with Crippen LogP contribution in [0.25, 0.3) is 0 Å². The van der Waals surface area contributed by atoms with Crippen LogP contribution in [0.2, 0.25) is 0 Å². The molecule has 0 aliphatic carbocycles. The van der Waals surface area contributed by atoms with Crippen molar-refractivity contribution in [1.29, 1.82) is 0 Å². The maximum absolute atomic E-state index is 4.44. The van der Waals surface area contributed by atoms with Crippen LogP contribution in [0, 0.1) is 0 Å². The highest BCUT2D eigenvalue weighted by Crippen LogP contribution is 2.12. The number of nitrogens with one attached hydrogen (secondary N) is 1. The van der Waals surface area contributed by atoms with E-state index in [9.17, 15) is 0 Å². The SMILES string of the molecule is CCCNc1ccnc(CN(C)Cc2ccsc2)c1. The molecule has 2 rings (SSSR count). The van der Waals surface area contributed by atoms with Crippen LogP contribution < -0.4 is 5.32 Å². The molecule has 1 N–H and O–H groups in total. The molecule has 4 heteroatoms. The van der Waals surface area contributed by atoms with E-state index in [4.69, 9.17) is 0 Å². The topological polar surface area (TPSA) is 28.2 Å². The Bertz CT molecular complexity index is 482. The van der Waals surface area contributed by atoms with Gasteiger partial charge in [0.2, 0.25) is 0 Å². The van der Waals surface area contributed by atoms with E-state index in [1.807, 2.05) is 12.3 Å². The Morgan fingerprint density at radius 2 is 2.21 bits per heavy atom. The van der Waals surface area contributed by atoms with Crippen molar-refractivity contribution in [2.75, 3.05) is 18.9 Å². The predicted octanol–water partition coefficient (Wildman–Crippen LogP) is 3.60. The highest BCUT2D eigenvalue weighted by Gasteiger charge is 2.04. The van der Waals surface area contributed by atoms with Gasteiger partial charge in [0.25, 0.3) is 0 Å². The van der Waals surface area contributed by atoms with Gasteiger partial charge in [-0.2, -0.15) is 11.3 Å². The summed E-state index contributed by atoms with van der Waals surface area (Å²) in [6, 6.07) is 6.34. The number of nitrogens with zero attached hydrogens (tertiary/aromatic N) is 2. The van der Waals surface area contributed by atoms with Crippen molar-refractivity contribution in [2.24, 2.45) is 0 Å². The number of pyridine rings is 1. The monoisotopic (exact) mass is 275 g/mol. The molecule has 2 heterocycles. The fourth-order valence-electron chi connectivity index (χ4n) is 1.97. The van der Waals surface area contributed by atoms with Crippen molar-refractivity contribution in [3.8, 4) is 0 Å². The minimum atomic E-state index is 0.873. The van der Waals surface area contributed by atoms with E-state index < -0.39 is 0 Å². The van der Waals surface area contributed by atoms with Crippen LogP contribution in [0.4, 0.5) is 5.69 Å². The zero-order chi connectivity index (χ0) is 13.5. The van der Waals surface area contributed by atoms with Crippen LogP contribution in [0.15, 0.2) is 35.2 Å². The fourth-order valence-corrected chi connectivity index (χ4v) is 2.63. The standard InChI is InChI=1S/C15H21N3S/c1-3-6-16-14-4-7-17-15(9-14)11-18(2)10-13-5-8-19-12-13/h4-5,7-9,12H,3,6,10-11H2,1-2H3,(H,16,17). The van der Waals surface area contributed by atoms with Crippen LogP contribution in [-0.2, 0) is 13.1 Å². The largest absolute Gasteiger partial charge is 0.385 e. The molecule has 19 heavy (non-hydrogen) atoms. The zero-order valence-electron chi connectivity index (χ0n) is 11.6. The number of hydrogen-bond acceptors (Lipinski definition) is 4. The lowest BCUT2D eigenvalue weighted by molar-refractivity contribution is 0.315. The van der Waals surface area contributed by atoms with Crippen LogP contribution >= 0.6 is 11.3 Å². The molecular weight excluding hydrogens is 254 g/mol. The molecule has 0 unspecified atom stereocenters. The molecule has 0 radical (unpaired) electrons. The first-order chi connectivity index (χ1) is 9.28. The van der Waals surface area contributed by atoms with Crippen LogP contribution in [0.1, 0.15) is 24.6 Å². The van der Waals surface area contributed by atoms with E-state index in [1.165, 1.54) is 5.56 Å². The third-order valence-corrected chi connectivity index (χ3v) is 3.59. The van der Waals surface area contributed by atoms with Crippen molar-refractivity contribution >= 4 is 17.0 Å². The molecule has 0 aromatic carbocycles. The highest BCUT2D eigenvalue weighted by atomic mass is 32.1. The molecule has 0 amide bonds. The van der Waals surface area contributed by atoms with E-state index in [2.05, 4.69) is 52.1 Å². The summed E-state index contributed by atoms with van der Waals surface area (Å²) in [5.41, 5.74) is 3.64. The smallest absolute Gasteiger partial charge is 0.0564 e. The van der Waals surface area contributed by atoms with Gasteiger partial charge in [-0.25, -0.2) is 0 Å². The van der Waals surface area contributed by atoms with Gasteiger partial charge < -0.3 is 5.32 Å². The number of hydrogen-bond donors (Lipinski definition) is 1. The first kappa shape index (κ1) is 14.0. The molecule has 2 aromatic heterocycles.